The molecule has 28 heavy (non-hydrogen) atoms. The number of fused-ring (bicyclic) bond motifs is 2. The minimum Gasteiger partial charge on any atom is -0.394 e. The van der Waals surface area contributed by atoms with E-state index in [1.165, 1.54) is 12.1 Å². The van der Waals surface area contributed by atoms with Crippen LogP contribution in [0.1, 0.15) is 22.3 Å². The number of halogens is 2. The summed E-state index contributed by atoms with van der Waals surface area (Å²) in [5.41, 5.74) is 2.08. The normalized spacial score (nSPS) is 31.9. The predicted molar refractivity (Wildman–Crippen MR) is 92.1 cm³/mol. The van der Waals surface area contributed by atoms with Gasteiger partial charge in [-0.2, -0.15) is 0 Å². The van der Waals surface area contributed by atoms with Crippen LogP contribution in [0, 0.1) is 11.6 Å². The predicted octanol–water partition coefficient (Wildman–Crippen LogP) is 0.712. The van der Waals surface area contributed by atoms with Crippen molar-refractivity contribution >= 4 is 0 Å². The molecule has 2 aliphatic rings. The van der Waals surface area contributed by atoms with Crippen molar-refractivity contribution in [1.29, 1.82) is 0 Å². The lowest BCUT2D eigenvalue weighted by molar-refractivity contribution is -0.368. The first-order valence-electron chi connectivity index (χ1n) is 8.89. The third-order valence-electron chi connectivity index (χ3n) is 5.35. The van der Waals surface area contributed by atoms with Crippen molar-refractivity contribution in [2.75, 3.05) is 6.61 Å². The third kappa shape index (κ3) is 3.02. The summed E-state index contributed by atoms with van der Waals surface area (Å²) < 4.78 is 38.5. The Labute approximate surface area is 159 Å². The summed E-state index contributed by atoms with van der Waals surface area (Å²) in [7, 11) is 0. The Bertz CT molecular complexity index is 889. The molecule has 2 aromatic carbocycles. The number of ether oxygens (including phenoxy) is 2. The smallest absolute Gasteiger partial charge is 0.225 e. The zero-order valence-electron chi connectivity index (χ0n) is 14.8. The first-order valence-corrected chi connectivity index (χ1v) is 8.89. The highest BCUT2D eigenvalue weighted by Crippen LogP contribution is 2.46. The van der Waals surface area contributed by atoms with E-state index in [-0.39, 0.29) is 13.0 Å². The maximum Gasteiger partial charge on any atom is 0.225 e. The van der Waals surface area contributed by atoms with Gasteiger partial charge in [0.2, 0.25) is 5.79 Å². The van der Waals surface area contributed by atoms with Gasteiger partial charge in [0.15, 0.2) is 0 Å². The average molecular weight is 394 g/mol. The van der Waals surface area contributed by atoms with Gasteiger partial charge in [0, 0.05) is 18.1 Å². The number of rotatable bonds is 3. The lowest BCUT2D eigenvalue weighted by Gasteiger charge is -2.46. The van der Waals surface area contributed by atoms with Crippen LogP contribution in [0.2, 0.25) is 0 Å². The summed E-state index contributed by atoms with van der Waals surface area (Å²) >= 11 is 0. The fourth-order valence-corrected chi connectivity index (χ4v) is 3.81. The minimum absolute atomic E-state index is 0.0958. The molecule has 150 valence electrons. The van der Waals surface area contributed by atoms with Crippen molar-refractivity contribution in [3.8, 4) is 0 Å². The van der Waals surface area contributed by atoms with Crippen LogP contribution in [0.4, 0.5) is 8.78 Å². The molecule has 2 aliphatic heterocycles. The summed E-state index contributed by atoms with van der Waals surface area (Å²) in [6.07, 6.45) is -5.64. The van der Waals surface area contributed by atoms with Gasteiger partial charge in [-0.1, -0.05) is 18.2 Å². The molecule has 0 bridgehead atoms. The first kappa shape index (κ1) is 19.4. The second-order valence-corrected chi connectivity index (χ2v) is 7.13. The summed E-state index contributed by atoms with van der Waals surface area (Å²) in [5, 5.41) is 40.2. The van der Waals surface area contributed by atoms with E-state index in [0.29, 0.717) is 22.3 Å². The highest BCUT2D eigenvalue weighted by molar-refractivity contribution is 5.41. The van der Waals surface area contributed by atoms with Gasteiger partial charge in [0.25, 0.3) is 0 Å². The molecule has 4 rings (SSSR count). The Morgan fingerprint density at radius 3 is 2.54 bits per heavy atom. The van der Waals surface area contributed by atoms with Gasteiger partial charge in [0.05, 0.1) is 13.2 Å². The lowest BCUT2D eigenvalue weighted by atomic mass is 9.86. The molecule has 0 saturated carbocycles. The summed E-state index contributed by atoms with van der Waals surface area (Å²) in [6.45, 7) is -0.482. The van der Waals surface area contributed by atoms with Gasteiger partial charge in [-0.3, -0.25) is 0 Å². The first-order chi connectivity index (χ1) is 13.4. The van der Waals surface area contributed by atoms with E-state index >= 15 is 0 Å². The Balaban J connectivity index is 1.70. The number of aliphatic hydroxyl groups excluding tert-OH is 4. The number of benzene rings is 2. The zero-order chi connectivity index (χ0) is 20.1. The molecule has 8 heteroatoms. The van der Waals surface area contributed by atoms with Crippen LogP contribution in [0.25, 0.3) is 0 Å². The molecule has 5 atom stereocenters. The molecule has 0 aliphatic carbocycles. The third-order valence-corrected chi connectivity index (χ3v) is 5.35. The topological polar surface area (TPSA) is 99.4 Å². The fourth-order valence-electron chi connectivity index (χ4n) is 3.81. The van der Waals surface area contributed by atoms with Crippen LogP contribution >= 0.6 is 0 Å². The molecule has 1 fully saturated rings. The van der Waals surface area contributed by atoms with Gasteiger partial charge in [-0.05, 0) is 28.8 Å². The molecule has 0 radical (unpaired) electrons. The van der Waals surface area contributed by atoms with E-state index in [9.17, 15) is 29.2 Å². The molecule has 1 spiro atoms. The van der Waals surface area contributed by atoms with Crippen molar-refractivity contribution in [1.82, 2.24) is 0 Å². The molecule has 1 saturated heterocycles. The Morgan fingerprint density at radius 1 is 1.04 bits per heavy atom. The van der Waals surface area contributed by atoms with Crippen LogP contribution < -0.4 is 0 Å². The van der Waals surface area contributed by atoms with Crippen molar-refractivity contribution in [3.63, 3.8) is 0 Å². The van der Waals surface area contributed by atoms with E-state index in [1.54, 1.807) is 18.2 Å². The monoisotopic (exact) mass is 394 g/mol. The maximum atomic E-state index is 14.0. The van der Waals surface area contributed by atoms with E-state index in [4.69, 9.17) is 9.47 Å². The standard InChI is InChI=1S/C20H20F2O6/c21-13-4-3-11(15(22)7-13)5-10-1-2-12-9-27-20(14(12)6-10)19(26)18(25)17(24)16(8-23)28-20/h1-4,6-7,16-19,23-26H,5,8-9H2/t16-,17-,18+,19-,20+/m1/s1. The van der Waals surface area contributed by atoms with Gasteiger partial charge >= 0.3 is 0 Å². The summed E-state index contributed by atoms with van der Waals surface area (Å²) in [5.74, 6) is -3.08. The van der Waals surface area contributed by atoms with Crippen LogP contribution in [-0.4, -0.2) is 51.4 Å². The molecule has 0 amide bonds. The summed E-state index contributed by atoms with van der Waals surface area (Å²) in [6, 6.07) is 8.50. The zero-order valence-corrected chi connectivity index (χ0v) is 14.8. The summed E-state index contributed by atoms with van der Waals surface area (Å²) in [4.78, 5) is 0. The lowest BCUT2D eigenvalue weighted by Crippen LogP contribution is -2.63. The molecular weight excluding hydrogens is 374 g/mol. The molecule has 0 aromatic heterocycles. The van der Waals surface area contributed by atoms with Crippen LogP contribution in [-0.2, 0) is 28.3 Å². The maximum absolute atomic E-state index is 14.0. The van der Waals surface area contributed by atoms with Gasteiger partial charge in [-0.15, -0.1) is 0 Å². The van der Waals surface area contributed by atoms with Crippen molar-refractivity contribution in [3.05, 3.63) is 70.3 Å². The molecular formula is C20H20F2O6. The Morgan fingerprint density at radius 2 is 1.82 bits per heavy atom. The van der Waals surface area contributed by atoms with Crippen molar-refractivity contribution < 1.29 is 38.7 Å². The SMILES string of the molecule is OC[C@H]1O[C@]2(OCc3ccc(Cc4ccc(F)cc4F)cc32)[C@H](O)[C@@H](O)[C@@H]1O. The van der Waals surface area contributed by atoms with E-state index in [0.717, 1.165) is 6.07 Å². The number of hydrogen-bond acceptors (Lipinski definition) is 6. The number of hydrogen-bond donors (Lipinski definition) is 4. The Hall–Kier alpha value is -1.94. The second kappa shape index (κ2) is 7.14. The molecule has 6 nitrogen and oxygen atoms in total. The second-order valence-electron chi connectivity index (χ2n) is 7.13. The Kier molecular flexibility index (Phi) is 4.95. The average Bonchev–Trinajstić information content (AvgIpc) is 3.04. The molecule has 2 aromatic rings. The van der Waals surface area contributed by atoms with Gasteiger partial charge < -0.3 is 29.9 Å². The largest absolute Gasteiger partial charge is 0.394 e. The number of aliphatic hydroxyl groups is 4. The van der Waals surface area contributed by atoms with E-state index < -0.39 is 48.4 Å². The van der Waals surface area contributed by atoms with Crippen LogP contribution in [0.5, 0.6) is 0 Å². The van der Waals surface area contributed by atoms with Crippen molar-refractivity contribution in [2.45, 2.75) is 43.2 Å². The van der Waals surface area contributed by atoms with E-state index in [2.05, 4.69) is 0 Å². The minimum atomic E-state index is -1.75. The highest BCUT2D eigenvalue weighted by atomic mass is 19.1. The quantitative estimate of drug-likeness (QED) is 0.612. The van der Waals surface area contributed by atoms with Crippen molar-refractivity contribution in [2.24, 2.45) is 0 Å². The van der Waals surface area contributed by atoms with Gasteiger partial charge in [0.1, 0.15) is 36.1 Å². The molecule has 0 unspecified atom stereocenters. The fraction of sp³-hybridized carbons (Fsp3) is 0.400. The highest BCUT2D eigenvalue weighted by Gasteiger charge is 2.58. The molecule has 2 heterocycles. The molecule has 4 N–H and O–H groups in total. The van der Waals surface area contributed by atoms with Crippen LogP contribution in [0.15, 0.2) is 36.4 Å². The van der Waals surface area contributed by atoms with Crippen LogP contribution in [0.3, 0.4) is 0 Å². The van der Waals surface area contributed by atoms with Gasteiger partial charge in [-0.25, -0.2) is 8.78 Å². The van der Waals surface area contributed by atoms with E-state index in [1.807, 2.05) is 0 Å².